The molecule has 5 nitrogen and oxygen atoms in total. The third-order valence-electron chi connectivity index (χ3n) is 9.12. The molecule has 0 spiro atoms. The average molecular weight is 744 g/mol. The van der Waals surface area contributed by atoms with Gasteiger partial charge in [0.25, 0.3) is 0 Å². The van der Waals surface area contributed by atoms with Gasteiger partial charge in [-0.15, -0.1) is 0 Å². The summed E-state index contributed by atoms with van der Waals surface area (Å²) in [5.41, 5.74) is 10.1. The quantitative estimate of drug-likeness (QED) is 0.229. The van der Waals surface area contributed by atoms with Crippen LogP contribution in [-0.2, 0) is 48.7 Å². The van der Waals surface area contributed by atoms with Crippen LogP contribution in [0.25, 0.3) is 0 Å². The molecular formula is C49H85N5. The minimum Gasteiger partial charge on any atom is -0.257 e. The molecule has 0 aliphatic rings. The molecule has 306 valence electrons. The first kappa shape index (κ1) is 49.3. The number of rotatable bonds is 0. The van der Waals surface area contributed by atoms with Gasteiger partial charge in [0.15, 0.2) is 0 Å². The highest BCUT2D eigenvalue weighted by Gasteiger charge is 2.32. The highest BCUT2D eigenvalue weighted by molar-refractivity contribution is 5.35. The predicted octanol–water partition coefficient (Wildman–Crippen LogP) is 13.7. The lowest BCUT2D eigenvalue weighted by atomic mass is 9.77. The molecule has 0 unspecified atom stereocenters. The summed E-state index contributed by atoms with van der Waals surface area (Å²) in [5, 5.41) is 0. The van der Waals surface area contributed by atoms with E-state index in [1.54, 1.807) is 0 Å². The number of hydrogen-bond acceptors (Lipinski definition) is 5. The zero-order valence-electron chi connectivity index (χ0n) is 40.5. The van der Waals surface area contributed by atoms with Crippen LogP contribution in [0.15, 0.2) is 24.5 Å². The van der Waals surface area contributed by atoms with E-state index >= 15 is 0 Å². The molecule has 3 aromatic rings. The lowest BCUT2D eigenvalue weighted by Gasteiger charge is -2.31. The lowest BCUT2D eigenvalue weighted by molar-refractivity contribution is 0.479. The summed E-state index contributed by atoms with van der Waals surface area (Å²) in [5.74, 6) is 0.931. The first-order valence-electron chi connectivity index (χ1n) is 20.3. The van der Waals surface area contributed by atoms with E-state index in [0.29, 0.717) is 0 Å². The number of hydrogen-bond donors (Lipinski definition) is 0. The van der Waals surface area contributed by atoms with Gasteiger partial charge < -0.3 is 0 Å². The van der Waals surface area contributed by atoms with Crippen LogP contribution in [0.3, 0.4) is 0 Å². The van der Waals surface area contributed by atoms with Gasteiger partial charge >= 0.3 is 0 Å². The van der Waals surface area contributed by atoms with Gasteiger partial charge in [-0.2, -0.15) is 0 Å². The normalized spacial score (nSPS) is 13.8. The minimum atomic E-state index is -0.00356. The summed E-state index contributed by atoms with van der Waals surface area (Å²) < 4.78 is 0. The SMILES string of the molecule is CC(C)(C)c1ccc(C(C)(C)C)c(C(C)(C)C)n1.CC(C)(C)c1cnc(C(C)(C)C)c(C(C)(C)C)n1.CC(C)(C)c1ncc(C(C)(C)C)c(C(C)(C)C)n1. The molecule has 0 fully saturated rings. The summed E-state index contributed by atoms with van der Waals surface area (Å²) in [4.78, 5) is 24.1. The van der Waals surface area contributed by atoms with Crippen molar-refractivity contribution in [3.63, 3.8) is 0 Å². The van der Waals surface area contributed by atoms with Crippen LogP contribution in [0, 0.1) is 0 Å². The van der Waals surface area contributed by atoms with Crippen LogP contribution in [0.2, 0.25) is 0 Å². The van der Waals surface area contributed by atoms with Crippen molar-refractivity contribution in [2.45, 2.75) is 236 Å². The van der Waals surface area contributed by atoms with E-state index in [9.17, 15) is 0 Å². The van der Waals surface area contributed by atoms with Crippen LogP contribution in [0.1, 0.15) is 238 Å². The van der Waals surface area contributed by atoms with E-state index in [1.165, 1.54) is 28.2 Å². The molecule has 0 aromatic carbocycles. The van der Waals surface area contributed by atoms with Crippen molar-refractivity contribution >= 4 is 0 Å². The maximum absolute atomic E-state index is 4.98. The van der Waals surface area contributed by atoms with E-state index < -0.39 is 0 Å². The number of pyridine rings is 1. The molecule has 0 radical (unpaired) electrons. The van der Waals surface area contributed by atoms with Crippen LogP contribution in [0.5, 0.6) is 0 Å². The van der Waals surface area contributed by atoms with Gasteiger partial charge in [0.2, 0.25) is 0 Å². The van der Waals surface area contributed by atoms with Gasteiger partial charge in [-0.25, -0.2) is 9.97 Å². The van der Waals surface area contributed by atoms with Crippen LogP contribution in [0.4, 0.5) is 0 Å². The summed E-state index contributed by atoms with van der Waals surface area (Å²) in [7, 11) is 0. The summed E-state index contributed by atoms with van der Waals surface area (Å²) >= 11 is 0. The lowest BCUT2D eigenvalue weighted by Crippen LogP contribution is -2.28. The number of nitrogens with zero attached hydrogens (tertiary/aromatic N) is 5. The van der Waals surface area contributed by atoms with Crippen molar-refractivity contribution in [3.05, 3.63) is 75.6 Å². The van der Waals surface area contributed by atoms with E-state index in [1.807, 2.05) is 12.4 Å². The van der Waals surface area contributed by atoms with Crippen LogP contribution >= 0.6 is 0 Å². The molecule has 0 saturated heterocycles. The Morgan fingerprint density at radius 3 is 0.981 bits per heavy atom. The standard InChI is InChI=1S/C17H29N.2C16H28N2/c1-15(2,3)12-10-11-13(16(4,5)6)18-14(12)17(7,8)9;1-14(2,3)11-10-17-12(15(4,5)6)13(18-11)16(7,8)9;1-14(2,3)11-10-17-13(16(7,8)9)18-12(11)15(4,5)6/h10-11H,1-9H3;2*10H,1-9H3. The zero-order chi connectivity index (χ0) is 43.1. The van der Waals surface area contributed by atoms with Gasteiger partial charge in [-0.3, -0.25) is 15.0 Å². The second-order valence-corrected chi connectivity index (χ2v) is 24.8. The molecule has 0 saturated carbocycles. The van der Waals surface area contributed by atoms with Crippen molar-refractivity contribution < 1.29 is 0 Å². The van der Waals surface area contributed by atoms with Gasteiger partial charge in [0.1, 0.15) is 5.82 Å². The van der Waals surface area contributed by atoms with Crippen molar-refractivity contribution in [3.8, 4) is 0 Å². The van der Waals surface area contributed by atoms with E-state index in [-0.39, 0.29) is 48.7 Å². The van der Waals surface area contributed by atoms with Gasteiger partial charge in [-0.05, 0) is 28.0 Å². The first-order valence-corrected chi connectivity index (χ1v) is 20.3. The molecular weight excluding hydrogens is 659 g/mol. The molecule has 5 heteroatoms. The van der Waals surface area contributed by atoms with Crippen LogP contribution in [-0.4, -0.2) is 24.9 Å². The highest BCUT2D eigenvalue weighted by atomic mass is 14.9. The summed E-state index contributed by atoms with van der Waals surface area (Å²) in [6.07, 6.45) is 3.96. The van der Waals surface area contributed by atoms with Gasteiger partial charge in [0.05, 0.1) is 22.8 Å². The Morgan fingerprint density at radius 2 is 0.648 bits per heavy atom. The summed E-state index contributed by atoms with van der Waals surface area (Å²) in [6.45, 7) is 59.7. The van der Waals surface area contributed by atoms with Crippen molar-refractivity contribution in [2.75, 3.05) is 0 Å². The minimum absolute atomic E-state index is 0.00356. The molecule has 0 aliphatic heterocycles. The fourth-order valence-corrected chi connectivity index (χ4v) is 5.74. The molecule has 0 amide bonds. The third-order valence-corrected chi connectivity index (χ3v) is 9.12. The molecule has 54 heavy (non-hydrogen) atoms. The topological polar surface area (TPSA) is 64.5 Å². The smallest absolute Gasteiger partial charge is 0.133 e. The van der Waals surface area contributed by atoms with Crippen molar-refractivity contribution in [2.24, 2.45) is 0 Å². The van der Waals surface area contributed by atoms with E-state index in [0.717, 1.165) is 22.9 Å². The van der Waals surface area contributed by atoms with Crippen molar-refractivity contribution in [1.82, 2.24) is 24.9 Å². The fourth-order valence-electron chi connectivity index (χ4n) is 5.74. The zero-order valence-corrected chi connectivity index (χ0v) is 40.5. The molecule has 0 aliphatic carbocycles. The molecule has 3 aromatic heterocycles. The second kappa shape index (κ2) is 16.0. The molecule has 3 heterocycles. The highest BCUT2D eigenvalue weighted by Crippen LogP contribution is 2.36. The largest absolute Gasteiger partial charge is 0.257 e. The predicted molar refractivity (Wildman–Crippen MR) is 237 cm³/mol. The first-order chi connectivity index (χ1) is 23.5. The molecule has 0 bridgehead atoms. The summed E-state index contributed by atoms with van der Waals surface area (Å²) in [6, 6.07) is 4.46. The monoisotopic (exact) mass is 744 g/mol. The average Bonchev–Trinajstić information content (AvgIpc) is 2.93. The molecule has 0 atom stereocenters. The Balaban J connectivity index is 0.000000405. The third kappa shape index (κ3) is 14.1. The van der Waals surface area contributed by atoms with Gasteiger partial charge in [0, 0.05) is 61.7 Å². The Bertz CT molecular complexity index is 1480. The molecule has 3 rings (SSSR count). The van der Waals surface area contributed by atoms with Crippen LogP contribution < -0.4 is 0 Å². The van der Waals surface area contributed by atoms with E-state index in [4.69, 9.17) is 19.9 Å². The number of aromatic nitrogens is 5. The Hall–Kier alpha value is -2.69. The van der Waals surface area contributed by atoms with Crippen molar-refractivity contribution in [1.29, 1.82) is 0 Å². The molecule has 0 N–H and O–H groups in total. The Kier molecular flexibility index (Phi) is 14.7. The second-order valence-electron chi connectivity index (χ2n) is 24.8. The maximum Gasteiger partial charge on any atom is 0.133 e. The van der Waals surface area contributed by atoms with E-state index in [2.05, 4.69) is 204 Å². The van der Waals surface area contributed by atoms with Gasteiger partial charge in [-0.1, -0.05) is 193 Å². The fraction of sp³-hybridized carbons (Fsp3) is 0.735. The Labute approximate surface area is 335 Å². The maximum atomic E-state index is 4.98. The Morgan fingerprint density at radius 1 is 0.278 bits per heavy atom.